The van der Waals surface area contributed by atoms with Gasteiger partial charge in [0.15, 0.2) is 5.69 Å². The van der Waals surface area contributed by atoms with E-state index in [0.717, 1.165) is 25.0 Å². The summed E-state index contributed by atoms with van der Waals surface area (Å²) in [6.07, 6.45) is -2.98. The summed E-state index contributed by atoms with van der Waals surface area (Å²) in [5.41, 5.74) is 2.32. The monoisotopic (exact) mass is 386 g/mol. The number of nitrogens with zero attached hydrogens (tertiary/aromatic N) is 3. The van der Waals surface area contributed by atoms with Crippen molar-refractivity contribution < 1.29 is 18.0 Å². The number of fused-ring (bicyclic) bond motifs is 1. The van der Waals surface area contributed by atoms with Crippen molar-refractivity contribution in [1.29, 1.82) is 0 Å². The van der Waals surface area contributed by atoms with Crippen molar-refractivity contribution in [2.24, 2.45) is 0 Å². The zero-order chi connectivity index (χ0) is 19.9. The molecule has 1 aromatic heterocycles. The highest BCUT2D eigenvalue weighted by atomic mass is 19.4. The van der Waals surface area contributed by atoms with Crippen LogP contribution in [0.1, 0.15) is 32.9 Å². The summed E-state index contributed by atoms with van der Waals surface area (Å²) in [6.45, 7) is 1.61. The molecule has 1 N–H and O–H groups in total. The van der Waals surface area contributed by atoms with Crippen molar-refractivity contribution in [1.82, 2.24) is 20.3 Å². The number of carbonyl (C=O) groups excluding carboxylic acids is 1. The highest BCUT2D eigenvalue weighted by molar-refractivity contribution is 5.93. The maximum Gasteiger partial charge on any atom is 0.416 e. The van der Waals surface area contributed by atoms with Crippen molar-refractivity contribution in [2.45, 2.75) is 32.0 Å². The van der Waals surface area contributed by atoms with Crippen LogP contribution in [0, 0.1) is 6.92 Å². The average molecular weight is 386 g/mol. The van der Waals surface area contributed by atoms with Gasteiger partial charge >= 0.3 is 6.18 Å². The zero-order valence-corrected chi connectivity index (χ0v) is 15.0. The Hall–Kier alpha value is -3.16. The van der Waals surface area contributed by atoms with Crippen LogP contribution >= 0.6 is 0 Å². The molecule has 5 nitrogen and oxygen atoms in total. The topological polar surface area (TPSA) is 59.8 Å². The van der Waals surface area contributed by atoms with Crippen LogP contribution in [-0.2, 0) is 19.0 Å². The smallest absolute Gasteiger partial charge is 0.347 e. The van der Waals surface area contributed by atoms with E-state index in [0.29, 0.717) is 5.69 Å². The third kappa shape index (κ3) is 3.37. The van der Waals surface area contributed by atoms with Gasteiger partial charge in [0.2, 0.25) is 0 Å². The lowest BCUT2D eigenvalue weighted by Gasteiger charge is -2.11. The van der Waals surface area contributed by atoms with Gasteiger partial charge in [0.1, 0.15) is 0 Å². The van der Waals surface area contributed by atoms with E-state index >= 15 is 0 Å². The number of carbonyl (C=O) groups is 1. The fraction of sp³-hybridized carbons (Fsp3) is 0.250. The van der Waals surface area contributed by atoms with E-state index in [2.05, 4.69) is 15.6 Å². The summed E-state index contributed by atoms with van der Waals surface area (Å²) >= 11 is 0. The Morgan fingerprint density at radius 2 is 1.79 bits per heavy atom. The zero-order valence-electron chi connectivity index (χ0n) is 15.0. The van der Waals surface area contributed by atoms with Gasteiger partial charge in [0, 0.05) is 6.04 Å². The summed E-state index contributed by atoms with van der Waals surface area (Å²) in [6, 6.07) is 12.7. The van der Waals surface area contributed by atoms with Gasteiger partial charge in [-0.1, -0.05) is 35.5 Å². The summed E-state index contributed by atoms with van der Waals surface area (Å²) in [5, 5.41) is 10.7. The lowest BCUT2D eigenvalue weighted by atomic mass is 10.1. The third-order valence-electron chi connectivity index (χ3n) is 4.91. The number of halogens is 3. The van der Waals surface area contributed by atoms with Crippen molar-refractivity contribution in [3.63, 3.8) is 0 Å². The van der Waals surface area contributed by atoms with Gasteiger partial charge in [0.25, 0.3) is 5.91 Å². The molecule has 0 saturated carbocycles. The fourth-order valence-electron chi connectivity index (χ4n) is 3.51. The average Bonchev–Trinajstić information content (AvgIpc) is 3.23. The largest absolute Gasteiger partial charge is 0.416 e. The van der Waals surface area contributed by atoms with Crippen LogP contribution in [0.5, 0.6) is 0 Å². The minimum atomic E-state index is -4.46. The molecule has 2 aromatic carbocycles. The SMILES string of the molecule is Cc1c(C(=O)NC2Cc3ccccc3C2)nnn1-c1cccc(C(F)(F)F)c1. The van der Waals surface area contributed by atoms with Crippen LogP contribution in [-0.4, -0.2) is 26.9 Å². The standard InChI is InChI=1S/C20H17F3N4O/c1-12-18(19(28)24-16-9-13-5-2-3-6-14(13)10-16)25-26-27(12)17-8-4-7-15(11-17)20(21,22)23/h2-8,11,16H,9-10H2,1H3,(H,24,28). The maximum atomic E-state index is 12.9. The first-order chi connectivity index (χ1) is 13.3. The highest BCUT2D eigenvalue weighted by Gasteiger charge is 2.31. The molecule has 3 aromatic rings. The molecule has 0 aliphatic heterocycles. The van der Waals surface area contributed by atoms with Crippen LogP contribution in [0.2, 0.25) is 0 Å². The first-order valence-electron chi connectivity index (χ1n) is 8.80. The molecular formula is C20H17F3N4O. The van der Waals surface area contributed by atoms with Crippen LogP contribution in [0.25, 0.3) is 5.69 Å². The molecule has 1 aliphatic rings. The van der Waals surface area contributed by atoms with Gasteiger partial charge < -0.3 is 5.32 Å². The maximum absolute atomic E-state index is 12.9. The molecule has 0 fully saturated rings. The molecular weight excluding hydrogens is 369 g/mol. The Kier molecular flexibility index (Phi) is 4.41. The first-order valence-corrected chi connectivity index (χ1v) is 8.80. The predicted octanol–water partition coefficient (Wildman–Crippen LogP) is 3.49. The predicted molar refractivity (Wildman–Crippen MR) is 96.2 cm³/mol. The van der Waals surface area contributed by atoms with Crippen molar-refractivity contribution in [2.75, 3.05) is 0 Å². The Labute approximate surface area is 159 Å². The molecule has 1 aliphatic carbocycles. The minimum absolute atomic E-state index is 0.0389. The van der Waals surface area contributed by atoms with Crippen molar-refractivity contribution >= 4 is 5.91 Å². The molecule has 1 heterocycles. The second-order valence-electron chi connectivity index (χ2n) is 6.83. The van der Waals surface area contributed by atoms with Crippen molar-refractivity contribution in [3.05, 3.63) is 76.6 Å². The van der Waals surface area contributed by atoms with E-state index in [1.165, 1.54) is 27.9 Å². The lowest BCUT2D eigenvalue weighted by molar-refractivity contribution is -0.137. The van der Waals surface area contributed by atoms with E-state index < -0.39 is 11.7 Å². The number of nitrogens with one attached hydrogen (secondary N) is 1. The van der Waals surface area contributed by atoms with E-state index in [1.807, 2.05) is 24.3 Å². The number of benzene rings is 2. The lowest BCUT2D eigenvalue weighted by Crippen LogP contribution is -2.35. The van der Waals surface area contributed by atoms with Crippen LogP contribution < -0.4 is 5.32 Å². The third-order valence-corrected chi connectivity index (χ3v) is 4.91. The number of hydrogen-bond donors (Lipinski definition) is 1. The number of rotatable bonds is 3. The molecule has 0 saturated heterocycles. The van der Waals surface area contributed by atoms with Gasteiger partial charge in [0.05, 0.1) is 16.9 Å². The fourth-order valence-corrected chi connectivity index (χ4v) is 3.51. The summed E-state index contributed by atoms with van der Waals surface area (Å²) < 4.78 is 40.1. The normalized spacial score (nSPS) is 14.1. The number of alkyl halides is 3. The molecule has 0 spiro atoms. The Morgan fingerprint density at radius 3 is 2.43 bits per heavy atom. The molecule has 1 amide bonds. The van der Waals surface area contributed by atoms with Crippen LogP contribution in [0.3, 0.4) is 0 Å². The van der Waals surface area contributed by atoms with Gasteiger partial charge in [-0.15, -0.1) is 5.10 Å². The Bertz CT molecular complexity index is 1020. The molecule has 0 unspecified atom stereocenters. The van der Waals surface area contributed by atoms with Gasteiger partial charge in [-0.25, -0.2) is 4.68 Å². The second-order valence-corrected chi connectivity index (χ2v) is 6.83. The van der Waals surface area contributed by atoms with Gasteiger partial charge in [-0.05, 0) is 49.1 Å². The van der Waals surface area contributed by atoms with Gasteiger partial charge in [-0.2, -0.15) is 13.2 Å². The summed E-state index contributed by atoms with van der Waals surface area (Å²) in [7, 11) is 0. The molecule has 0 radical (unpaired) electrons. The molecule has 4 rings (SSSR count). The van der Waals surface area contributed by atoms with Crippen LogP contribution in [0.15, 0.2) is 48.5 Å². The molecule has 0 atom stereocenters. The summed E-state index contributed by atoms with van der Waals surface area (Å²) in [4.78, 5) is 12.6. The first kappa shape index (κ1) is 18.2. The number of aromatic nitrogens is 3. The quantitative estimate of drug-likeness (QED) is 0.750. The Balaban J connectivity index is 1.53. The highest BCUT2D eigenvalue weighted by Crippen LogP contribution is 2.30. The molecule has 8 heteroatoms. The van der Waals surface area contributed by atoms with E-state index in [9.17, 15) is 18.0 Å². The minimum Gasteiger partial charge on any atom is -0.347 e. The Morgan fingerprint density at radius 1 is 1.11 bits per heavy atom. The number of hydrogen-bond acceptors (Lipinski definition) is 3. The molecule has 28 heavy (non-hydrogen) atoms. The molecule has 144 valence electrons. The van der Waals surface area contributed by atoms with Gasteiger partial charge in [-0.3, -0.25) is 4.79 Å². The second kappa shape index (κ2) is 6.78. The van der Waals surface area contributed by atoms with E-state index in [-0.39, 0.29) is 23.3 Å². The van der Waals surface area contributed by atoms with E-state index in [1.54, 1.807) is 6.92 Å². The summed E-state index contributed by atoms with van der Waals surface area (Å²) in [5.74, 6) is -0.381. The van der Waals surface area contributed by atoms with Crippen LogP contribution in [0.4, 0.5) is 13.2 Å². The number of amides is 1. The van der Waals surface area contributed by atoms with E-state index in [4.69, 9.17) is 0 Å². The van der Waals surface area contributed by atoms with Crippen molar-refractivity contribution in [3.8, 4) is 5.69 Å². The molecule has 0 bridgehead atoms.